The van der Waals surface area contributed by atoms with Crippen LogP contribution in [0.1, 0.15) is 111 Å². The number of methoxy groups -OCH3 is 2. The lowest BCUT2D eigenvalue weighted by atomic mass is 9.89. The van der Waals surface area contributed by atoms with E-state index in [1.54, 1.807) is 30.9 Å². The smallest absolute Gasteiger partial charge is 0.253 e. The summed E-state index contributed by atoms with van der Waals surface area (Å²) < 4.78 is 12.1. The number of unbranched alkanes of at least 4 members (excludes halogenated alkanes) is 3. The summed E-state index contributed by atoms with van der Waals surface area (Å²) in [7, 11) is 6.76. The first-order valence-corrected chi connectivity index (χ1v) is 24.2. The van der Waals surface area contributed by atoms with E-state index < -0.39 is 47.8 Å². The number of nitrogens with one attached hydrogen (secondary N) is 3. The van der Waals surface area contributed by atoms with E-state index in [9.17, 15) is 33.6 Å². The lowest BCUT2D eigenvalue weighted by molar-refractivity contribution is -0.148. The molecule has 3 heterocycles. The van der Waals surface area contributed by atoms with Gasteiger partial charge < -0.3 is 35.2 Å². The van der Waals surface area contributed by atoms with E-state index in [-0.39, 0.29) is 66.0 Å². The van der Waals surface area contributed by atoms with Gasteiger partial charge in [0.25, 0.3) is 11.8 Å². The molecule has 3 N–H and O–H groups in total. The van der Waals surface area contributed by atoms with Crippen LogP contribution in [0.5, 0.6) is 0 Å². The van der Waals surface area contributed by atoms with Gasteiger partial charge in [0.1, 0.15) is 12.1 Å². The second-order valence-electron chi connectivity index (χ2n) is 19.2. The lowest BCUT2D eigenvalue weighted by Crippen LogP contribution is -2.61. The van der Waals surface area contributed by atoms with Crippen LogP contribution >= 0.6 is 0 Å². The highest BCUT2D eigenvalue weighted by Gasteiger charge is 2.45. The SMILES string of the molecule is CC[C@H](C)[C@@H]([C@@H](CC(=O)N1CCC[C@H]1[C@H](OC)[C@@H](C)C(=O)N[C@@H](Cc1ccccc1)C(=O)NCCCCCCN1C(=O)C=CC1=O)OC)N(C)C(=O)[C@@H](NC(=O)[C@]1(C)CCCN1C)C(C)C. The summed E-state index contributed by atoms with van der Waals surface area (Å²) >= 11 is 0. The topological polar surface area (TPSA) is 187 Å². The minimum absolute atomic E-state index is 0.00714. The molecular weight excluding hydrogens is 843 g/mol. The number of likely N-dealkylation sites (tertiary alicyclic amines) is 2. The Morgan fingerprint density at radius 1 is 0.879 bits per heavy atom. The Balaban J connectivity index is 1.40. The van der Waals surface area contributed by atoms with Crippen molar-refractivity contribution in [3.8, 4) is 0 Å². The minimum Gasteiger partial charge on any atom is -0.379 e. The number of carbonyl (C=O) groups excluding carboxylic acids is 7. The number of rotatable bonds is 26. The third-order valence-corrected chi connectivity index (χ3v) is 14.4. The second-order valence-corrected chi connectivity index (χ2v) is 19.2. The van der Waals surface area contributed by atoms with E-state index in [1.165, 1.54) is 24.2 Å². The average molecular weight is 922 g/mol. The van der Waals surface area contributed by atoms with Gasteiger partial charge in [-0.3, -0.25) is 43.4 Å². The molecule has 9 atom stereocenters. The van der Waals surface area contributed by atoms with Crippen molar-refractivity contribution in [2.24, 2.45) is 17.8 Å². The molecule has 16 heteroatoms. The minimum atomic E-state index is -0.865. The Labute approximate surface area is 393 Å². The first kappa shape index (κ1) is 53.9. The molecule has 0 aromatic heterocycles. The van der Waals surface area contributed by atoms with Crippen LogP contribution in [0.4, 0.5) is 0 Å². The molecule has 0 saturated carbocycles. The van der Waals surface area contributed by atoms with Crippen LogP contribution in [-0.2, 0) is 49.5 Å². The summed E-state index contributed by atoms with van der Waals surface area (Å²) in [5, 5.41) is 9.07. The highest BCUT2D eigenvalue weighted by Crippen LogP contribution is 2.31. The average Bonchev–Trinajstić information content (AvgIpc) is 4.02. The first-order chi connectivity index (χ1) is 31.4. The fourth-order valence-electron chi connectivity index (χ4n) is 9.82. The van der Waals surface area contributed by atoms with Gasteiger partial charge in [0, 0.05) is 59.5 Å². The van der Waals surface area contributed by atoms with Gasteiger partial charge in [-0.05, 0) is 76.4 Å². The van der Waals surface area contributed by atoms with E-state index in [0.29, 0.717) is 51.7 Å². The molecule has 2 saturated heterocycles. The summed E-state index contributed by atoms with van der Waals surface area (Å²) in [6.45, 7) is 13.6. The van der Waals surface area contributed by atoms with Gasteiger partial charge in [-0.1, -0.05) is 84.2 Å². The molecule has 0 bridgehead atoms. The van der Waals surface area contributed by atoms with Crippen LogP contribution < -0.4 is 16.0 Å². The van der Waals surface area contributed by atoms with E-state index in [4.69, 9.17) is 9.47 Å². The van der Waals surface area contributed by atoms with Crippen LogP contribution in [0.3, 0.4) is 0 Å². The molecule has 0 spiro atoms. The van der Waals surface area contributed by atoms with Gasteiger partial charge in [0.2, 0.25) is 29.5 Å². The zero-order valence-electron chi connectivity index (χ0n) is 41.3. The molecule has 1 aromatic rings. The largest absolute Gasteiger partial charge is 0.379 e. The Kier molecular flexibility index (Phi) is 20.8. The highest BCUT2D eigenvalue weighted by molar-refractivity contribution is 6.12. The number of imide groups is 1. The molecule has 0 radical (unpaired) electrons. The molecule has 66 heavy (non-hydrogen) atoms. The van der Waals surface area contributed by atoms with Crippen molar-refractivity contribution in [2.75, 3.05) is 54.5 Å². The number of amides is 7. The van der Waals surface area contributed by atoms with Crippen molar-refractivity contribution in [1.29, 1.82) is 0 Å². The Bertz CT molecular complexity index is 1830. The van der Waals surface area contributed by atoms with Gasteiger partial charge in [0.05, 0.1) is 42.2 Å². The quantitative estimate of drug-likeness (QED) is 0.0911. The molecule has 0 aliphatic carbocycles. The maximum absolute atomic E-state index is 14.4. The predicted octanol–water partition coefficient (Wildman–Crippen LogP) is 3.86. The predicted molar refractivity (Wildman–Crippen MR) is 253 cm³/mol. The number of nitrogens with zero attached hydrogens (tertiary/aromatic N) is 4. The van der Waals surface area contributed by atoms with Crippen LogP contribution in [0.25, 0.3) is 0 Å². The zero-order valence-corrected chi connectivity index (χ0v) is 41.3. The molecule has 1 aromatic carbocycles. The molecule has 2 fully saturated rings. The lowest BCUT2D eigenvalue weighted by Gasteiger charge is -2.41. The number of ether oxygens (including phenoxy) is 2. The number of hydrogen-bond donors (Lipinski definition) is 3. The maximum atomic E-state index is 14.4. The Hall–Kier alpha value is -4.67. The molecule has 7 amide bonds. The summed E-state index contributed by atoms with van der Waals surface area (Å²) in [6.07, 6.45) is 8.09. The standard InChI is InChI=1S/C50H79N7O9/c1-11-34(4)44(55(8)48(63)43(33(2)3)53-49(64)50(6)26-20-28-54(50)7)39(65-9)32-42(60)56-30-19-23-38(56)45(66-10)35(5)46(61)52-37(31-36-21-15-14-16-22-36)47(62)51-27-17-12-13-18-29-57-40(58)24-25-41(57)59/h14-16,21-22,24-25,33-35,37-39,43-45H,11-13,17-20,23,26-32H2,1-10H3,(H,51,62)(H,52,61)(H,53,64)/t34-,35+,37-,38-,39+,43-,44-,45+,50-/m0/s1. The summed E-state index contributed by atoms with van der Waals surface area (Å²) in [6, 6.07) is 6.94. The fourth-order valence-corrected chi connectivity index (χ4v) is 9.82. The van der Waals surface area contributed by atoms with Gasteiger partial charge in [-0.2, -0.15) is 0 Å². The summed E-state index contributed by atoms with van der Waals surface area (Å²) in [4.78, 5) is 101. The van der Waals surface area contributed by atoms with Gasteiger partial charge in [0.15, 0.2) is 0 Å². The fraction of sp³-hybridized carbons (Fsp3) is 0.700. The third-order valence-electron chi connectivity index (χ3n) is 14.4. The van der Waals surface area contributed by atoms with Crippen molar-refractivity contribution in [3.05, 3.63) is 48.0 Å². The molecule has 0 unspecified atom stereocenters. The molecule has 16 nitrogen and oxygen atoms in total. The van der Waals surface area contributed by atoms with Crippen LogP contribution in [0.2, 0.25) is 0 Å². The zero-order chi connectivity index (χ0) is 48.7. The van der Waals surface area contributed by atoms with Crippen molar-refractivity contribution < 1.29 is 43.0 Å². The number of carbonyl (C=O) groups is 7. The molecule has 3 aliphatic heterocycles. The van der Waals surface area contributed by atoms with E-state index >= 15 is 0 Å². The van der Waals surface area contributed by atoms with E-state index in [1.807, 2.05) is 76.9 Å². The van der Waals surface area contributed by atoms with Crippen LogP contribution in [-0.4, -0.2) is 157 Å². The molecule has 4 rings (SSSR count). The molecule has 3 aliphatic rings. The van der Waals surface area contributed by atoms with E-state index in [2.05, 4.69) is 16.0 Å². The second kappa shape index (κ2) is 25.5. The van der Waals surface area contributed by atoms with E-state index in [0.717, 1.165) is 37.8 Å². The van der Waals surface area contributed by atoms with Gasteiger partial charge in [-0.25, -0.2) is 0 Å². The van der Waals surface area contributed by atoms with Gasteiger partial charge in [-0.15, -0.1) is 0 Å². The summed E-state index contributed by atoms with van der Waals surface area (Å²) in [5.74, 6) is -2.80. The van der Waals surface area contributed by atoms with Crippen molar-refractivity contribution >= 4 is 41.4 Å². The highest BCUT2D eigenvalue weighted by atomic mass is 16.5. The Morgan fingerprint density at radius 3 is 2.14 bits per heavy atom. The monoisotopic (exact) mass is 922 g/mol. The Morgan fingerprint density at radius 2 is 1.55 bits per heavy atom. The maximum Gasteiger partial charge on any atom is 0.253 e. The third kappa shape index (κ3) is 13.7. The van der Waals surface area contributed by atoms with Crippen molar-refractivity contribution in [1.82, 2.24) is 35.6 Å². The van der Waals surface area contributed by atoms with Gasteiger partial charge >= 0.3 is 0 Å². The number of likely N-dealkylation sites (N-methyl/N-ethyl adjacent to an activating group) is 2. The molecule has 368 valence electrons. The van der Waals surface area contributed by atoms with Crippen molar-refractivity contribution in [2.45, 2.75) is 154 Å². The first-order valence-electron chi connectivity index (χ1n) is 24.2. The number of hydrogen-bond acceptors (Lipinski definition) is 10. The van der Waals surface area contributed by atoms with Crippen LogP contribution in [0.15, 0.2) is 42.5 Å². The number of benzene rings is 1. The summed E-state index contributed by atoms with van der Waals surface area (Å²) in [5.41, 5.74) is 0.184. The molecular formula is C50H79N7O9. The van der Waals surface area contributed by atoms with Crippen molar-refractivity contribution in [3.63, 3.8) is 0 Å². The van der Waals surface area contributed by atoms with Crippen LogP contribution in [0, 0.1) is 17.8 Å². The normalized spacial score (nSPS) is 21.9.